The minimum absolute atomic E-state index is 0.116. The minimum Gasteiger partial charge on any atom is -0.466 e. The number of halogens is 3. The molecule has 28 heavy (non-hydrogen) atoms. The Morgan fingerprint density at radius 2 is 1.96 bits per heavy atom. The SMILES string of the molecule is CCCCC(=O)OCCCNc1ncc(C(=O)c2ccccc2C(F)(F)F)s1. The number of hydrogen-bond acceptors (Lipinski definition) is 6. The number of ketones is 1. The van der Waals surface area contributed by atoms with Crippen LogP contribution in [0.5, 0.6) is 0 Å². The number of nitrogens with one attached hydrogen (secondary N) is 1. The number of benzene rings is 1. The molecule has 0 spiro atoms. The number of unbranched alkanes of at least 4 members (excludes halogenated alkanes) is 1. The number of nitrogens with zero attached hydrogens (tertiary/aromatic N) is 1. The lowest BCUT2D eigenvalue weighted by Crippen LogP contribution is -2.13. The molecule has 0 aliphatic heterocycles. The Morgan fingerprint density at radius 3 is 2.68 bits per heavy atom. The summed E-state index contributed by atoms with van der Waals surface area (Å²) >= 11 is 0.984. The number of hydrogen-bond donors (Lipinski definition) is 1. The third-order valence-electron chi connectivity index (χ3n) is 3.80. The predicted octanol–water partition coefficient (Wildman–Crippen LogP) is 4.93. The molecule has 0 amide bonds. The average Bonchev–Trinajstić information content (AvgIpc) is 3.13. The summed E-state index contributed by atoms with van der Waals surface area (Å²) in [6.07, 6.45) is -0.668. The first-order chi connectivity index (χ1) is 13.3. The monoisotopic (exact) mass is 414 g/mol. The molecule has 152 valence electrons. The molecule has 1 aromatic carbocycles. The van der Waals surface area contributed by atoms with Crippen LogP contribution in [-0.4, -0.2) is 29.9 Å². The van der Waals surface area contributed by atoms with Gasteiger partial charge in [0.05, 0.1) is 23.2 Å². The van der Waals surface area contributed by atoms with E-state index >= 15 is 0 Å². The first-order valence-corrected chi connectivity index (χ1v) is 9.70. The van der Waals surface area contributed by atoms with Crippen molar-refractivity contribution >= 4 is 28.2 Å². The van der Waals surface area contributed by atoms with E-state index in [1.54, 1.807) is 0 Å². The highest BCUT2D eigenvalue weighted by molar-refractivity contribution is 7.17. The van der Waals surface area contributed by atoms with Gasteiger partial charge in [-0.05, 0) is 18.9 Å². The van der Waals surface area contributed by atoms with Gasteiger partial charge in [-0.15, -0.1) is 0 Å². The maximum absolute atomic E-state index is 13.1. The molecule has 1 aromatic heterocycles. The number of anilines is 1. The van der Waals surface area contributed by atoms with Gasteiger partial charge in [-0.25, -0.2) is 4.98 Å². The summed E-state index contributed by atoms with van der Waals surface area (Å²) in [6.45, 7) is 2.72. The van der Waals surface area contributed by atoms with E-state index in [4.69, 9.17) is 4.74 Å². The van der Waals surface area contributed by atoms with E-state index in [0.29, 0.717) is 24.5 Å². The van der Waals surface area contributed by atoms with Crippen molar-refractivity contribution in [3.8, 4) is 0 Å². The Bertz CT molecular complexity index is 806. The molecular formula is C19H21F3N2O3S. The number of esters is 1. The van der Waals surface area contributed by atoms with Crippen molar-refractivity contribution in [1.29, 1.82) is 0 Å². The summed E-state index contributed by atoms with van der Waals surface area (Å²) in [5.41, 5.74) is -1.36. The van der Waals surface area contributed by atoms with E-state index in [-0.39, 0.29) is 17.5 Å². The molecule has 0 bridgehead atoms. The van der Waals surface area contributed by atoms with Crippen LogP contribution in [-0.2, 0) is 15.7 Å². The molecule has 5 nitrogen and oxygen atoms in total. The van der Waals surface area contributed by atoms with E-state index in [0.717, 1.165) is 36.3 Å². The molecule has 0 fully saturated rings. The van der Waals surface area contributed by atoms with Gasteiger partial charge in [0.2, 0.25) is 5.78 Å². The van der Waals surface area contributed by atoms with Crippen LogP contribution < -0.4 is 5.32 Å². The number of rotatable bonds is 10. The van der Waals surface area contributed by atoms with E-state index in [1.807, 2.05) is 6.92 Å². The fourth-order valence-electron chi connectivity index (χ4n) is 2.37. The van der Waals surface area contributed by atoms with Crippen molar-refractivity contribution in [1.82, 2.24) is 4.98 Å². The first kappa shape index (κ1) is 21.9. The van der Waals surface area contributed by atoms with Crippen LogP contribution in [0.2, 0.25) is 0 Å². The summed E-state index contributed by atoms with van der Waals surface area (Å²) in [4.78, 5) is 28.0. The molecule has 9 heteroatoms. The van der Waals surface area contributed by atoms with Gasteiger partial charge in [0, 0.05) is 18.5 Å². The standard InChI is InChI=1S/C19H21F3N2O3S/c1-2-3-9-16(25)27-11-6-10-23-18-24-12-15(28-18)17(26)13-7-4-5-8-14(13)19(20,21)22/h4-5,7-8,12H,2-3,6,9-11H2,1H3,(H,23,24). The van der Waals surface area contributed by atoms with Crippen LogP contribution in [0.15, 0.2) is 30.5 Å². The summed E-state index contributed by atoms with van der Waals surface area (Å²) in [5, 5.41) is 3.40. The van der Waals surface area contributed by atoms with Crippen molar-refractivity contribution in [2.24, 2.45) is 0 Å². The number of thiazole rings is 1. The van der Waals surface area contributed by atoms with Gasteiger partial charge in [0.1, 0.15) is 0 Å². The topological polar surface area (TPSA) is 68.3 Å². The minimum atomic E-state index is -4.60. The molecule has 0 saturated heterocycles. The van der Waals surface area contributed by atoms with Crippen molar-refractivity contribution < 1.29 is 27.5 Å². The lowest BCUT2D eigenvalue weighted by atomic mass is 10.0. The Balaban J connectivity index is 1.87. The Hall–Kier alpha value is -2.42. The number of ether oxygens (including phenoxy) is 1. The summed E-state index contributed by atoms with van der Waals surface area (Å²) < 4.78 is 44.3. The van der Waals surface area contributed by atoms with Gasteiger partial charge >= 0.3 is 12.1 Å². The van der Waals surface area contributed by atoms with Crippen LogP contribution in [0.25, 0.3) is 0 Å². The lowest BCUT2D eigenvalue weighted by Gasteiger charge is -2.10. The van der Waals surface area contributed by atoms with Crippen LogP contribution in [0.4, 0.5) is 18.3 Å². The van der Waals surface area contributed by atoms with E-state index in [1.165, 1.54) is 18.3 Å². The smallest absolute Gasteiger partial charge is 0.417 e. The first-order valence-electron chi connectivity index (χ1n) is 8.89. The maximum atomic E-state index is 13.1. The lowest BCUT2D eigenvalue weighted by molar-refractivity contribution is -0.143. The molecule has 0 aliphatic carbocycles. The van der Waals surface area contributed by atoms with E-state index < -0.39 is 23.1 Å². The molecule has 1 heterocycles. The summed E-state index contributed by atoms with van der Waals surface area (Å²) in [7, 11) is 0. The summed E-state index contributed by atoms with van der Waals surface area (Å²) in [6, 6.07) is 4.68. The molecule has 0 radical (unpaired) electrons. The Morgan fingerprint density at radius 1 is 1.21 bits per heavy atom. The van der Waals surface area contributed by atoms with E-state index in [2.05, 4.69) is 10.3 Å². The largest absolute Gasteiger partial charge is 0.466 e. The molecule has 0 atom stereocenters. The van der Waals surface area contributed by atoms with Gasteiger partial charge in [-0.2, -0.15) is 13.2 Å². The quantitative estimate of drug-likeness (QED) is 0.339. The van der Waals surface area contributed by atoms with Crippen LogP contribution in [0, 0.1) is 0 Å². The zero-order valence-corrected chi connectivity index (χ0v) is 16.2. The molecular weight excluding hydrogens is 393 g/mol. The van der Waals surface area contributed by atoms with E-state index in [9.17, 15) is 22.8 Å². The summed E-state index contributed by atoms with van der Waals surface area (Å²) in [5.74, 6) is -0.948. The molecule has 0 unspecified atom stereocenters. The number of alkyl halides is 3. The van der Waals surface area contributed by atoms with Crippen molar-refractivity contribution in [2.45, 2.75) is 38.8 Å². The zero-order chi connectivity index (χ0) is 20.6. The second-order valence-corrected chi connectivity index (χ2v) is 7.04. The van der Waals surface area contributed by atoms with Gasteiger partial charge in [-0.3, -0.25) is 9.59 Å². The van der Waals surface area contributed by atoms with Crippen LogP contribution in [0.3, 0.4) is 0 Å². The number of aromatic nitrogens is 1. The molecule has 0 aliphatic rings. The maximum Gasteiger partial charge on any atom is 0.417 e. The normalized spacial score (nSPS) is 11.3. The Labute approximate surface area is 164 Å². The van der Waals surface area contributed by atoms with Gasteiger partial charge in [-0.1, -0.05) is 42.9 Å². The third kappa shape index (κ3) is 6.33. The third-order valence-corrected chi connectivity index (χ3v) is 4.76. The highest BCUT2D eigenvalue weighted by Crippen LogP contribution is 2.33. The zero-order valence-electron chi connectivity index (χ0n) is 15.3. The fourth-order valence-corrected chi connectivity index (χ4v) is 3.16. The second-order valence-electron chi connectivity index (χ2n) is 6.01. The molecule has 2 aromatic rings. The van der Waals surface area contributed by atoms with Gasteiger partial charge < -0.3 is 10.1 Å². The Kier molecular flexibility index (Phi) is 7.98. The van der Waals surface area contributed by atoms with Crippen LogP contribution >= 0.6 is 11.3 Å². The molecule has 1 N–H and O–H groups in total. The van der Waals surface area contributed by atoms with Gasteiger partial charge in [0.25, 0.3) is 0 Å². The highest BCUT2D eigenvalue weighted by atomic mass is 32.1. The van der Waals surface area contributed by atoms with Crippen LogP contribution in [0.1, 0.15) is 53.4 Å². The molecule has 2 rings (SSSR count). The van der Waals surface area contributed by atoms with Crippen molar-refractivity contribution in [2.75, 3.05) is 18.5 Å². The number of carbonyl (C=O) groups excluding carboxylic acids is 2. The van der Waals surface area contributed by atoms with Crippen molar-refractivity contribution in [3.63, 3.8) is 0 Å². The second kappa shape index (κ2) is 10.2. The number of carbonyl (C=O) groups is 2. The highest BCUT2D eigenvalue weighted by Gasteiger charge is 2.35. The predicted molar refractivity (Wildman–Crippen MR) is 101 cm³/mol. The van der Waals surface area contributed by atoms with Gasteiger partial charge in [0.15, 0.2) is 5.13 Å². The van der Waals surface area contributed by atoms with Crippen molar-refractivity contribution in [3.05, 3.63) is 46.5 Å². The fraction of sp³-hybridized carbons (Fsp3) is 0.421. The average molecular weight is 414 g/mol. The molecule has 0 saturated carbocycles.